The van der Waals surface area contributed by atoms with E-state index in [1.807, 2.05) is 42.7 Å². The highest BCUT2D eigenvalue weighted by atomic mass is 32.1. The van der Waals surface area contributed by atoms with Crippen molar-refractivity contribution in [2.75, 3.05) is 0 Å². The number of fused-ring (bicyclic) bond motifs is 8. The van der Waals surface area contributed by atoms with E-state index in [2.05, 4.69) is 83.8 Å². The first-order valence-electron chi connectivity index (χ1n) is 13.7. The maximum atomic E-state index is 5.07. The van der Waals surface area contributed by atoms with E-state index in [1.165, 1.54) is 51.1 Å². The highest BCUT2D eigenvalue weighted by Gasteiger charge is 2.15. The Balaban J connectivity index is 1.26. The molecule has 0 aliphatic rings. The number of hydrogen-bond donors (Lipinski definition) is 0. The van der Waals surface area contributed by atoms with E-state index in [9.17, 15) is 0 Å². The minimum atomic E-state index is 0.664. The standard InChI is InChI=1S/C36H20N4S2/c1-2-6-22(7-3-1)34-38-35(40-36(39-34)24-13-14-26-25-8-4-5-9-30(25)41-31(26)19-24)23-11-10-21-12-15-28-27-16-17-37-20-32(27)42-33(28)29(21)18-23/h1-20H. The predicted molar refractivity (Wildman–Crippen MR) is 177 cm³/mol. The molecule has 0 saturated heterocycles. The lowest BCUT2D eigenvalue weighted by Crippen LogP contribution is -2.00. The van der Waals surface area contributed by atoms with Crippen LogP contribution in [-0.4, -0.2) is 19.9 Å². The van der Waals surface area contributed by atoms with Gasteiger partial charge in [-0.05, 0) is 29.7 Å². The average molecular weight is 573 g/mol. The van der Waals surface area contributed by atoms with Gasteiger partial charge in [0, 0.05) is 70.1 Å². The maximum absolute atomic E-state index is 5.07. The van der Waals surface area contributed by atoms with Crippen molar-refractivity contribution in [3.05, 3.63) is 122 Å². The van der Waals surface area contributed by atoms with E-state index in [-0.39, 0.29) is 0 Å². The van der Waals surface area contributed by atoms with Crippen molar-refractivity contribution < 1.29 is 0 Å². The van der Waals surface area contributed by atoms with Crippen LogP contribution in [0.1, 0.15) is 0 Å². The Morgan fingerprint density at radius 2 is 1.10 bits per heavy atom. The number of thiophene rings is 2. The molecule has 0 spiro atoms. The molecule has 0 fully saturated rings. The summed E-state index contributed by atoms with van der Waals surface area (Å²) in [4.78, 5) is 19.4. The summed E-state index contributed by atoms with van der Waals surface area (Å²) in [5, 5.41) is 7.42. The van der Waals surface area contributed by atoms with Crippen molar-refractivity contribution in [1.82, 2.24) is 19.9 Å². The van der Waals surface area contributed by atoms with Gasteiger partial charge < -0.3 is 0 Å². The molecule has 0 unspecified atom stereocenters. The Bertz CT molecular complexity index is 2480. The molecule has 0 saturated carbocycles. The van der Waals surface area contributed by atoms with Crippen molar-refractivity contribution >= 4 is 73.8 Å². The minimum Gasteiger partial charge on any atom is -0.263 e. The molecule has 0 N–H and O–H groups in total. The fourth-order valence-electron chi connectivity index (χ4n) is 5.76. The van der Waals surface area contributed by atoms with Crippen LogP contribution >= 0.6 is 22.7 Å². The molecule has 0 atom stereocenters. The Hall–Kier alpha value is -5.04. The van der Waals surface area contributed by atoms with Gasteiger partial charge in [0.05, 0.1) is 4.70 Å². The second kappa shape index (κ2) is 9.24. The highest BCUT2D eigenvalue weighted by Crippen LogP contribution is 2.40. The summed E-state index contributed by atoms with van der Waals surface area (Å²) < 4.78 is 4.95. The topological polar surface area (TPSA) is 51.6 Å². The van der Waals surface area contributed by atoms with Gasteiger partial charge in [0.2, 0.25) is 0 Å². The second-order valence-electron chi connectivity index (χ2n) is 10.3. The third kappa shape index (κ3) is 3.73. The summed E-state index contributed by atoms with van der Waals surface area (Å²) in [7, 11) is 0. The van der Waals surface area contributed by atoms with Gasteiger partial charge in [-0.15, -0.1) is 22.7 Å². The zero-order valence-electron chi connectivity index (χ0n) is 22.2. The predicted octanol–water partition coefficient (Wildman–Crippen LogP) is 10.2. The summed E-state index contributed by atoms with van der Waals surface area (Å²) in [6, 6.07) is 38.3. The zero-order chi connectivity index (χ0) is 27.6. The number of benzene rings is 5. The first-order chi connectivity index (χ1) is 20.8. The van der Waals surface area contributed by atoms with Crippen LogP contribution in [0.5, 0.6) is 0 Å². The highest BCUT2D eigenvalue weighted by molar-refractivity contribution is 7.26. The number of hydrogen-bond acceptors (Lipinski definition) is 6. The van der Waals surface area contributed by atoms with Crippen molar-refractivity contribution in [1.29, 1.82) is 0 Å². The molecule has 6 heteroatoms. The van der Waals surface area contributed by atoms with Gasteiger partial charge in [0.15, 0.2) is 17.5 Å². The molecule has 0 amide bonds. The fourth-order valence-corrected chi connectivity index (χ4v) is 8.10. The minimum absolute atomic E-state index is 0.664. The van der Waals surface area contributed by atoms with E-state index < -0.39 is 0 Å². The molecule has 5 aromatic carbocycles. The van der Waals surface area contributed by atoms with Crippen molar-refractivity contribution in [3.8, 4) is 34.2 Å². The molecule has 9 aromatic rings. The molecular weight excluding hydrogens is 553 g/mol. The van der Waals surface area contributed by atoms with E-state index in [4.69, 9.17) is 15.0 Å². The summed E-state index contributed by atoms with van der Waals surface area (Å²) in [6.07, 6.45) is 3.82. The summed E-state index contributed by atoms with van der Waals surface area (Å²) in [5.74, 6) is 2.00. The van der Waals surface area contributed by atoms with Crippen molar-refractivity contribution in [2.24, 2.45) is 0 Å². The van der Waals surface area contributed by atoms with E-state index in [0.29, 0.717) is 17.5 Å². The van der Waals surface area contributed by atoms with Gasteiger partial charge in [-0.2, -0.15) is 0 Å². The van der Waals surface area contributed by atoms with Gasteiger partial charge in [-0.1, -0.05) is 84.9 Å². The normalized spacial score (nSPS) is 11.8. The molecule has 0 aliphatic heterocycles. The van der Waals surface area contributed by atoms with Crippen LogP contribution < -0.4 is 0 Å². The smallest absolute Gasteiger partial charge is 0.164 e. The van der Waals surface area contributed by atoms with E-state index in [1.54, 1.807) is 22.7 Å². The quantitative estimate of drug-likeness (QED) is 0.211. The Morgan fingerprint density at radius 3 is 1.98 bits per heavy atom. The van der Waals surface area contributed by atoms with Gasteiger partial charge in [-0.25, -0.2) is 15.0 Å². The fraction of sp³-hybridized carbons (Fsp3) is 0. The van der Waals surface area contributed by atoms with Crippen LogP contribution in [0.2, 0.25) is 0 Å². The lowest BCUT2D eigenvalue weighted by molar-refractivity contribution is 1.08. The monoisotopic (exact) mass is 572 g/mol. The SMILES string of the molecule is c1ccc(-c2nc(-c3ccc4c(c3)sc3ccccc34)nc(-c3ccc4ccc5c6ccncc6sc5c4c3)n2)cc1. The number of aromatic nitrogens is 4. The van der Waals surface area contributed by atoms with Crippen LogP contribution in [0, 0.1) is 0 Å². The second-order valence-corrected chi connectivity index (χ2v) is 12.5. The summed E-state index contributed by atoms with van der Waals surface area (Å²) in [5.41, 5.74) is 2.91. The lowest BCUT2D eigenvalue weighted by atomic mass is 10.0. The lowest BCUT2D eigenvalue weighted by Gasteiger charge is -2.09. The summed E-state index contributed by atoms with van der Waals surface area (Å²) in [6.45, 7) is 0. The van der Waals surface area contributed by atoms with Crippen LogP contribution in [0.15, 0.2) is 122 Å². The number of nitrogens with zero attached hydrogens (tertiary/aromatic N) is 4. The van der Waals surface area contributed by atoms with Crippen LogP contribution in [0.3, 0.4) is 0 Å². The van der Waals surface area contributed by atoms with Crippen LogP contribution in [0.25, 0.3) is 85.3 Å². The number of pyridine rings is 1. The molecule has 0 aliphatic carbocycles. The first kappa shape index (κ1) is 23.6. The largest absolute Gasteiger partial charge is 0.263 e. The first-order valence-corrected chi connectivity index (χ1v) is 15.3. The van der Waals surface area contributed by atoms with Crippen LogP contribution in [-0.2, 0) is 0 Å². The van der Waals surface area contributed by atoms with Gasteiger partial charge in [0.25, 0.3) is 0 Å². The van der Waals surface area contributed by atoms with Crippen molar-refractivity contribution in [2.45, 2.75) is 0 Å². The van der Waals surface area contributed by atoms with E-state index in [0.717, 1.165) is 16.7 Å². The molecular formula is C36H20N4S2. The molecule has 4 heterocycles. The average Bonchev–Trinajstić information content (AvgIpc) is 3.63. The molecule has 42 heavy (non-hydrogen) atoms. The molecule has 0 bridgehead atoms. The van der Waals surface area contributed by atoms with Gasteiger partial charge >= 0.3 is 0 Å². The molecule has 0 radical (unpaired) electrons. The van der Waals surface area contributed by atoms with Crippen molar-refractivity contribution in [3.63, 3.8) is 0 Å². The van der Waals surface area contributed by atoms with Gasteiger partial charge in [-0.3, -0.25) is 4.98 Å². The Labute approximate surface area is 248 Å². The Morgan fingerprint density at radius 1 is 0.429 bits per heavy atom. The molecule has 9 rings (SSSR count). The van der Waals surface area contributed by atoms with Gasteiger partial charge in [0.1, 0.15) is 0 Å². The third-order valence-corrected chi connectivity index (χ3v) is 10.1. The summed E-state index contributed by atoms with van der Waals surface area (Å²) >= 11 is 3.58. The zero-order valence-corrected chi connectivity index (χ0v) is 23.8. The molecule has 196 valence electrons. The van der Waals surface area contributed by atoms with E-state index >= 15 is 0 Å². The Kier molecular flexibility index (Phi) is 5.20. The maximum Gasteiger partial charge on any atom is 0.164 e. The number of rotatable bonds is 3. The van der Waals surface area contributed by atoms with Crippen LogP contribution in [0.4, 0.5) is 0 Å². The molecule has 4 aromatic heterocycles. The molecule has 4 nitrogen and oxygen atoms in total. The third-order valence-electron chi connectivity index (χ3n) is 7.82.